The van der Waals surface area contributed by atoms with E-state index in [4.69, 9.17) is 21.3 Å². The van der Waals surface area contributed by atoms with Crippen molar-refractivity contribution in [1.82, 2.24) is 19.5 Å². The molecule has 1 atom stereocenters. The number of fused-ring (bicyclic) bond motifs is 1. The summed E-state index contributed by atoms with van der Waals surface area (Å²) in [5.74, 6) is 2.44. The number of aromatic nitrogens is 4. The third-order valence-corrected chi connectivity index (χ3v) is 7.00. The standard InChI is InChI=1S/C24H29ClN5O/c1-16-6-8-18(9-7-16)13-30-22-21(19-4-3-5-20(25)12-19)26-15-27-23(22)28-24(30)29-10-11-31-14-17(29)2/h3-5,12,16-18H,6-11,13-14H2,1-2H3/t16-,17-,18-/m1/s1. The van der Waals surface area contributed by atoms with Crippen LogP contribution in [0.1, 0.15) is 39.5 Å². The molecule has 0 amide bonds. The summed E-state index contributed by atoms with van der Waals surface area (Å²) in [5, 5.41) is 0.693. The first-order valence-electron chi connectivity index (χ1n) is 11.3. The average Bonchev–Trinajstić information content (AvgIpc) is 3.14. The first-order valence-corrected chi connectivity index (χ1v) is 11.7. The third kappa shape index (κ3) is 4.15. The fourth-order valence-electron chi connectivity index (χ4n) is 4.94. The molecule has 1 aromatic carbocycles. The molecule has 1 saturated carbocycles. The molecule has 3 aromatic rings. The van der Waals surface area contributed by atoms with Crippen LogP contribution in [0.15, 0.2) is 24.3 Å². The van der Waals surface area contributed by atoms with Crippen molar-refractivity contribution >= 4 is 28.7 Å². The summed E-state index contributed by atoms with van der Waals surface area (Å²) in [4.78, 5) is 16.4. The number of benzene rings is 1. The summed E-state index contributed by atoms with van der Waals surface area (Å²) in [6, 6.07) is 8.10. The van der Waals surface area contributed by atoms with Gasteiger partial charge in [-0.1, -0.05) is 43.5 Å². The second kappa shape index (κ2) is 8.75. The Hall–Kier alpha value is -2.18. The normalized spacial score (nSPS) is 24.6. The van der Waals surface area contributed by atoms with E-state index < -0.39 is 0 Å². The average molecular weight is 439 g/mol. The first-order chi connectivity index (χ1) is 15.1. The van der Waals surface area contributed by atoms with Gasteiger partial charge in [0.2, 0.25) is 12.3 Å². The number of hydrogen-bond donors (Lipinski definition) is 0. The smallest absolute Gasteiger partial charge is 0.208 e. The van der Waals surface area contributed by atoms with E-state index in [2.05, 4.69) is 39.6 Å². The zero-order valence-corrected chi connectivity index (χ0v) is 19.0. The lowest BCUT2D eigenvalue weighted by Gasteiger charge is -2.35. The zero-order valence-electron chi connectivity index (χ0n) is 18.2. The lowest BCUT2D eigenvalue weighted by Crippen LogP contribution is -2.45. The van der Waals surface area contributed by atoms with Gasteiger partial charge in [-0.25, -0.2) is 9.97 Å². The van der Waals surface area contributed by atoms with Crippen LogP contribution in [0, 0.1) is 18.2 Å². The molecule has 2 aliphatic rings. The maximum atomic E-state index is 6.30. The van der Waals surface area contributed by atoms with Crippen LogP contribution in [0.5, 0.6) is 0 Å². The minimum Gasteiger partial charge on any atom is -0.377 e. The lowest BCUT2D eigenvalue weighted by atomic mass is 9.83. The summed E-state index contributed by atoms with van der Waals surface area (Å²) >= 11 is 6.30. The largest absolute Gasteiger partial charge is 0.377 e. The van der Waals surface area contributed by atoms with Crippen LogP contribution < -0.4 is 4.90 Å². The molecule has 5 rings (SSSR count). The van der Waals surface area contributed by atoms with Gasteiger partial charge in [0.15, 0.2) is 5.65 Å². The van der Waals surface area contributed by atoms with Gasteiger partial charge in [-0.15, -0.1) is 0 Å². The molecule has 0 bridgehead atoms. The molecular formula is C24H29ClN5O. The molecule has 2 aromatic heterocycles. The molecule has 1 radical (unpaired) electrons. The molecule has 7 heteroatoms. The predicted octanol–water partition coefficient (Wildman–Crippen LogP) is 5.00. The van der Waals surface area contributed by atoms with Crippen molar-refractivity contribution in [3.8, 4) is 11.3 Å². The zero-order chi connectivity index (χ0) is 21.4. The fourth-order valence-corrected chi connectivity index (χ4v) is 5.13. The second-order valence-electron chi connectivity index (χ2n) is 9.12. The number of halogens is 1. The monoisotopic (exact) mass is 438 g/mol. The van der Waals surface area contributed by atoms with Crippen molar-refractivity contribution in [2.24, 2.45) is 11.8 Å². The molecule has 31 heavy (non-hydrogen) atoms. The highest BCUT2D eigenvalue weighted by atomic mass is 35.5. The molecule has 6 nitrogen and oxygen atoms in total. The number of morpholine rings is 1. The van der Waals surface area contributed by atoms with Gasteiger partial charge in [-0.05, 0) is 43.7 Å². The van der Waals surface area contributed by atoms with E-state index in [1.165, 1.54) is 25.7 Å². The minimum atomic E-state index is 0.266. The van der Waals surface area contributed by atoms with Crippen LogP contribution >= 0.6 is 11.6 Å². The van der Waals surface area contributed by atoms with Gasteiger partial charge in [-0.3, -0.25) is 0 Å². The summed E-state index contributed by atoms with van der Waals surface area (Å²) in [5.41, 5.74) is 3.49. The van der Waals surface area contributed by atoms with Crippen LogP contribution in [-0.2, 0) is 11.3 Å². The van der Waals surface area contributed by atoms with E-state index in [0.29, 0.717) is 29.8 Å². The van der Waals surface area contributed by atoms with Crippen molar-refractivity contribution < 1.29 is 4.74 Å². The van der Waals surface area contributed by atoms with E-state index >= 15 is 0 Å². The fraction of sp³-hybridized carbons (Fsp3) is 0.542. The van der Waals surface area contributed by atoms with Gasteiger partial charge in [0.25, 0.3) is 0 Å². The van der Waals surface area contributed by atoms with E-state index in [9.17, 15) is 0 Å². The van der Waals surface area contributed by atoms with Crippen LogP contribution in [0.3, 0.4) is 0 Å². The van der Waals surface area contributed by atoms with E-state index in [0.717, 1.165) is 41.7 Å². The Kier molecular flexibility index (Phi) is 5.85. The highest BCUT2D eigenvalue weighted by molar-refractivity contribution is 6.30. The Morgan fingerprint density at radius 2 is 2.00 bits per heavy atom. The molecule has 1 aliphatic carbocycles. The number of ether oxygens (including phenoxy) is 1. The van der Waals surface area contributed by atoms with Crippen molar-refractivity contribution in [1.29, 1.82) is 0 Å². The van der Waals surface area contributed by atoms with Crippen LogP contribution in [0.4, 0.5) is 5.95 Å². The molecule has 2 fully saturated rings. The van der Waals surface area contributed by atoms with Gasteiger partial charge in [0, 0.05) is 23.7 Å². The van der Waals surface area contributed by atoms with Gasteiger partial charge in [0.1, 0.15) is 11.2 Å². The van der Waals surface area contributed by atoms with Crippen molar-refractivity contribution in [2.75, 3.05) is 24.7 Å². The number of nitrogens with zero attached hydrogens (tertiary/aromatic N) is 5. The third-order valence-electron chi connectivity index (χ3n) is 6.77. The molecule has 1 saturated heterocycles. The van der Waals surface area contributed by atoms with E-state index in [-0.39, 0.29) is 6.04 Å². The molecule has 0 spiro atoms. The Labute approximate surface area is 188 Å². The highest BCUT2D eigenvalue weighted by Gasteiger charge is 2.29. The number of rotatable bonds is 4. The topological polar surface area (TPSA) is 56.1 Å². The maximum Gasteiger partial charge on any atom is 0.208 e. The van der Waals surface area contributed by atoms with Gasteiger partial charge in [-0.2, -0.15) is 4.98 Å². The second-order valence-corrected chi connectivity index (χ2v) is 9.56. The minimum absolute atomic E-state index is 0.266. The molecule has 3 heterocycles. The van der Waals surface area contributed by atoms with Crippen molar-refractivity contribution in [3.05, 3.63) is 35.6 Å². The number of imidazole rings is 1. The van der Waals surface area contributed by atoms with Crippen molar-refractivity contribution in [2.45, 2.75) is 52.1 Å². The molecule has 0 N–H and O–H groups in total. The first kappa shape index (κ1) is 20.7. The van der Waals surface area contributed by atoms with E-state index in [1.807, 2.05) is 24.3 Å². The van der Waals surface area contributed by atoms with Gasteiger partial charge >= 0.3 is 0 Å². The Balaban J connectivity index is 1.64. The summed E-state index contributed by atoms with van der Waals surface area (Å²) in [6.45, 7) is 7.75. The predicted molar refractivity (Wildman–Crippen MR) is 123 cm³/mol. The molecule has 0 unspecified atom stereocenters. The quantitative estimate of drug-likeness (QED) is 0.573. The Bertz CT molecular complexity index is 1060. The van der Waals surface area contributed by atoms with E-state index in [1.54, 1.807) is 0 Å². The van der Waals surface area contributed by atoms with Crippen LogP contribution in [0.25, 0.3) is 22.4 Å². The van der Waals surface area contributed by atoms with Gasteiger partial charge < -0.3 is 14.2 Å². The summed E-state index contributed by atoms with van der Waals surface area (Å²) < 4.78 is 8.05. The Morgan fingerprint density at radius 1 is 1.16 bits per heavy atom. The van der Waals surface area contributed by atoms with Crippen LogP contribution in [0.2, 0.25) is 5.02 Å². The molecular weight excluding hydrogens is 410 g/mol. The SMILES string of the molecule is C[C@@H]1COCCN1c1nc2n[c]nc(-c3cccc(Cl)c3)c2n1C[C@H]1CC[C@H](C)CC1. The maximum absolute atomic E-state index is 6.30. The summed E-state index contributed by atoms with van der Waals surface area (Å²) in [6.07, 6.45) is 7.93. The molecule has 163 valence electrons. The molecule has 1 aliphatic heterocycles. The Morgan fingerprint density at radius 3 is 2.77 bits per heavy atom. The highest BCUT2D eigenvalue weighted by Crippen LogP contribution is 2.35. The van der Waals surface area contributed by atoms with Crippen LogP contribution in [-0.4, -0.2) is 45.3 Å². The van der Waals surface area contributed by atoms with Crippen molar-refractivity contribution in [3.63, 3.8) is 0 Å². The van der Waals surface area contributed by atoms with Gasteiger partial charge in [0.05, 0.1) is 19.3 Å². The summed E-state index contributed by atoms with van der Waals surface area (Å²) in [7, 11) is 0. The lowest BCUT2D eigenvalue weighted by molar-refractivity contribution is 0.0976. The number of anilines is 1. The number of hydrogen-bond acceptors (Lipinski definition) is 5.